The third kappa shape index (κ3) is 3.39. The minimum Gasteiger partial charge on any atom is -0.474 e. The van der Waals surface area contributed by atoms with Gasteiger partial charge in [-0.25, -0.2) is 9.71 Å². The summed E-state index contributed by atoms with van der Waals surface area (Å²) >= 11 is 0. The summed E-state index contributed by atoms with van der Waals surface area (Å²) in [6.07, 6.45) is 5.92. The lowest BCUT2D eigenvalue weighted by atomic mass is 9.53. The van der Waals surface area contributed by atoms with Crippen molar-refractivity contribution in [1.29, 1.82) is 0 Å². The van der Waals surface area contributed by atoms with Gasteiger partial charge in [-0.3, -0.25) is 4.79 Å². The smallest absolute Gasteiger partial charge is 0.281 e. The molecule has 0 aromatic carbocycles. The first-order valence-corrected chi connectivity index (χ1v) is 15.1. The number of hydrogen-bond donors (Lipinski definition) is 1. The number of nitrogens with one attached hydrogen (secondary N) is 1. The van der Waals surface area contributed by atoms with Crippen LogP contribution in [0.25, 0.3) is 0 Å². The van der Waals surface area contributed by atoms with Crippen molar-refractivity contribution < 1.29 is 17.9 Å². The van der Waals surface area contributed by atoms with E-state index in [9.17, 15) is 13.2 Å². The minimum absolute atomic E-state index is 0.0125. The van der Waals surface area contributed by atoms with E-state index in [0.29, 0.717) is 22.6 Å². The zero-order valence-electron chi connectivity index (χ0n) is 23.1. The van der Waals surface area contributed by atoms with Crippen LogP contribution in [-0.4, -0.2) is 42.5 Å². The number of amides is 1. The normalized spacial score (nSPS) is 34.2. The van der Waals surface area contributed by atoms with Crippen LogP contribution in [0.4, 0.5) is 5.82 Å². The van der Waals surface area contributed by atoms with E-state index < -0.39 is 15.9 Å². The van der Waals surface area contributed by atoms with Gasteiger partial charge in [0.2, 0.25) is 5.88 Å². The summed E-state index contributed by atoms with van der Waals surface area (Å²) in [6.45, 7) is 14.2. The fourth-order valence-electron chi connectivity index (χ4n) is 8.75. The molecule has 1 saturated heterocycles. The van der Waals surface area contributed by atoms with Crippen LogP contribution >= 0.6 is 0 Å². The second-order valence-corrected chi connectivity index (χ2v) is 15.0. The van der Waals surface area contributed by atoms with E-state index in [1.54, 1.807) is 30.5 Å². The minimum atomic E-state index is -4.23. The van der Waals surface area contributed by atoms with Gasteiger partial charge in [0.1, 0.15) is 11.9 Å². The Kier molecular flexibility index (Phi) is 5.34. The molecule has 2 aromatic heterocycles. The van der Waals surface area contributed by atoms with E-state index in [1.807, 2.05) is 0 Å². The number of rotatable bonds is 6. The Balaban J connectivity index is 1.20. The molecule has 204 valence electrons. The average Bonchev–Trinajstić information content (AvgIpc) is 3.05. The second-order valence-electron chi connectivity index (χ2n) is 13.4. The first-order chi connectivity index (χ1) is 17.7. The van der Waals surface area contributed by atoms with Gasteiger partial charge in [0.05, 0.1) is 5.56 Å². The van der Waals surface area contributed by atoms with Gasteiger partial charge in [-0.2, -0.15) is 13.4 Å². The highest BCUT2D eigenvalue weighted by Gasteiger charge is 2.87. The molecular weight excluding hydrogens is 500 g/mol. The molecule has 6 rings (SSSR count). The third-order valence-electron chi connectivity index (χ3n) is 10.5. The van der Waals surface area contributed by atoms with Crippen LogP contribution in [0, 0.1) is 28.1 Å². The molecule has 9 heteroatoms. The van der Waals surface area contributed by atoms with Crippen molar-refractivity contribution in [1.82, 2.24) is 14.7 Å². The Morgan fingerprint density at radius 1 is 1.11 bits per heavy atom. The van der Waals surface area contributed by atoms with Crippen LogP contribution in [-0.2, 0) is 10.0 Å². The molecule has 8 nitrogen and oxygen atoms in total. The number of carbonyl (C=O) groups excluding carboxylic acids is 1. The molecule has 38 heavy (non-hydrogen) atoms. The number of hydrogen-bond acceptors (Lipinski definition) is 7. The molecule has 2 aromatic rings. The predicted octanol–water partition coefficient (Wildman–Crippen LogP) is 4.81. The molecule has 1 N–H and O–H groups in total. The molecule has 1 amide bonds. The number of ether oxygens (including phenoxy) is 1. The number of sulfonamides is 1. The largest absolute Gasteiger partial charge is 0.474 e. The third-order valence-corrected chi connectivity index (χ3v) is 11.8. The first kappa shape index (κ1) is 25.6. The molecule has 3 heterocycles. The standard InChI is InChI=1S/C29H38N4O4S/c1-18-15-26(2,3)33(17-18)24-19(9-8-14-30-24)25(34)32-38(35,36)23-11-7-10-22(31-23)37-21-16-29-20(27(29,4)5)12-13-28(21,29)6/h7-11,14,18,20-21H,12-13,15-17H2,1-6H3,(H,32,34). The van der Waals surface area contributed by atoms with Gasteiger partial charge in [0.25, 0.3) is 15.9 Å². The highest BCUT2D eigenvalue weighted by Crippen LogP contribution is 2.90. The summed E-state index contributed by atoms with van der Waals surface area (Å²) in [5, 5.41) is -0.237. The Morgan fingerprint density at radius 2 is 1.87 bits per heavy atom. The van der Waals surface area contributed by atoms with Gasteiger partial charge < -0.3 is 9.64 Å². The zero-order valence-corrected chi connectivity index (χ0v) is 23.9. The lowest BCUT2D eigenvalue weighted by Gasteiger charge is -2.55. The summed E-state index contributed by atoms with van der Waals surface area (Å²) in [5.74, 6) is 1.23. The van der Waals surface area contributed by atoms with Crippen LogP contribution in [0.5, 0.6) is 5.88 Å². The summed E-state index contributed by atoms with van der Waals surface area (Å²) in [4.78, 5) is 24.1. The van der Waals surface area contributed by atoms with E-state index in [2.05, 4.69) is 61.1 Å². The number of carbonyl (C=O) groups is 1. The van der Waals surface area contributed by atoms with E-state index in [0.717, 1.165) is 31.7 Å². The molecule has 1 aliphatic heterocycles. The van der Waals surface area contributed by atoms with Crippen molar-refractivity contribution in [2.45, 2.75) is 83.9 Å². The van der Waals surface area contributed by atoms with Crippen LogP contribution in [0.2, 0.25) is 0 Å². The molecule has 3 aliphatic carbocycles. The maximum atomic E-state index is 13.3. The summed E-state index contributed by atoms with van der Waals surface area (Å²) in [7, 11) is -4.23. The Bertz CT molecular complexity index is 1420. The first-order valence-electron chi connectivity index (χ1n) is 13.7. The zero-order chi connectivity index (χ0) is 27.3. The SMILES string of the molecule is CC1CN(c2ncccc2C(=O)NS(=O)(=O)c2cccc(OC3CC45C(CCC34C)C5(C)C)n2)C(C)(C)C1. The molecule has 0 radical (unpaired) electrons. The summed E-state index contributed by atoms with van der Waals surface area (Å²) < 4.78 is 35.0. The Hall–Kier alpha value is -2.68. The quantitative estimate of drug-likeness (QED) is 0.563. The van der Waals surface area contributed by atoms with Crippen molar-refractivity contribution >= 4 is 21.7 Å². The van der Waals surface area contributed by atoms with E-state index in [1.165, 1.54) is 12.5 Å². The van der Waals surface area contributed by atoms with Gasteiger partial charge in [0.15, 0.2) is 5.03 Å². The molecule has 1 spiro atoms. The number of anilines is 1. The van der Waals surface area contributed by atoms with Crippen molar-refractivity contribution in [2.24, 2.45) is 28.1 Å². The van der Waals surface area contributed by atoms with E-state index in [4.69, 9.17) is 4.74 Å². The second kappa shape index (κ2) is 7.93. The molecule has 5 unspecified atom stereocenters. The maximum absolute atomic E-state index is 13.3. The van der Waals surface area contributed by atoms with Crippen LogP contribution in [0.15, 0.2) is 41.6 Å². The lowest BCUT2D eigenvalue weighted by Crippen LogP contribution is -2.56. The lowest BCUT2D eigenvalue weighted by molar-refractivity contribution is -0.123. The average molecular weight is 539 g/mol. The molecule has 4 fully saturated rings. The Labute approximate surface area is 225 Å². The fraction of sp³-hybridized carbons (Fsp3) is 0.621. The van der Waals surface area contributed by atoms with Crippen molar-refractivity contribution in [3.63, 3.8) is 0 Å². The molecule has 0 bridgehead atoms. The number of pyridine rings is 2. The highest BCUT2D eigenvalue weighted by atomic mass is 32.2. The van der Waals surface area contributed by atoms with Crippen LogP contribution < -0.4 is 14.4 Å². The monoisotopic (exact) mass is 538 g/mol. The van der Waals surface area contributed by atoms with Crippen LogP contribution in [0.1, 0.15) is 77.6 Å². The molecule has 4 aliphatic rings. The molecule has 5 atom stereocenters. The summed E-state index contributed by atoms with van der Waals surface area (Å²) in [6, 6.07) is 7.94. The molecule has 3 saturated carbocycles. The van der Waals surface area contributed by atoms with Gasteiger partial charge >= 0.3 is 0 Å². The van der Waals surface area contributed by atoms with E-state index >= 15 is 0 Å². The van der Waals surface area contributed by atoms with Gasteiger partial charge in [-0.05, 0) is 80.4 Å². The number of aromatic nitrogens is 2. The topological polar surface area (TPSA) is 101 Å². The van der Waals surface area contributed by atoms with Crippen molar-refractivity contribution in [3.8, 4) is 5.88 Å². The fourth-order valence-corrected chi connectivity index (χ4v) is 9.68. The highest BCUT2D eigenvalue weighted by molar-refractivity contribution is 7.90. The number of nitrogens with zero attached hydrogens (tertiary/aromatic N) is 3. The van der Waals surface area contributed by atoms with Gasteiger partial charge in [-0.15, -0.1) is 0 Å². The van der Waals surface area contributed by atoms with Crippen LogP contribution in [0.3, 0.4) is 0 Å². The van der Waals surface area contributed by atoms with Gasteiger partial charge in [0, 0.05) is 29.8 Å². The Morgan fingerprint density at radius 3 is 2.55 bits per heavy atom. The van der Waals surface area contributed by atoms with Crippen molar-refractivity contribution in [3.05, 3.63) is 42.1 Å². The van der Waals surface area contributed by atoms with Gasteiger partial charge in [-0.1, -0.05) is 33.8 Å². The maximum Gasteiger partial charge on any atom is 0.281 e. The van der Waals surface area contributed by atoms with E-state index in [-0.39, 0.29) is 33.5 Å². The predicted molar refractivity (Wildman–Crippen MR) is 144 cm³/mol. The van der Waals surface area contributed by atoms with Crippen molar-refractivity contribution in [2.75, 3.05) is 11.4 Å². The summed E-state index contributed by atoms with van der Waals surface area (Å²) in [5.41, 5.74) is 0.799. The molecular formula is C29H38N4O4S.